The van der Waals surface area contributed by atoms with Gasteiger partial charge in [-0.2, -0.15) is 0 Å². The fourth-order valence-corrected chi connectivity index (χ4v) is 3.83. The maximum atomic E-state index is 12.7. The van der Waals surface area contributed by atoms with Crippen LogP contribution in [-0.2, 0) is 10.0 Å². The zero-order chi connectivity index (χ0) is 15.9. The van der Waals surface area contributed by atoms with Crippen LogP contribution in [0.3, 0.4) is 0 Å². The quantitative estimate of drug-likeness (QED) is 0.863. The summed E-state index contributed by atoms with van der Waals surface area (Å²) in [6, 6.07) is 4.59. The van der Waals surface area contributed by atoms with Crippen LogP contribution in [0.15, 0.2) is 18.2 Å². The van der Waals surface area contributed by atoms with Crippen LogP contribution in [-0.4, -0.2) is 37.4 Å². The van der Waals surface area contributed by atoms with E-state index in [-0.39, 0.29) is 28.8 Å². The van der Waals surface area contributed by atoms with Crippen molar-refractivity contribution in [1.29, 1.82) is 0 Å². The van der Waals surface area contributed by atoms with Crippen LogP contribution in [0.25, 0.3) is 0 Å². The van der Waals surface area contributed by atoms with E-state index in [4.69, 9.17) is 0 Å². The lowest BCUT2D eigenvalue weighted by Crippen LogP contribution is -2.41. The summed E-state index contributed by atoms with van der Waals surface area (Å²) in [5.74, 6) is -0.706. The second kappa shape index (κ2) is 5.39. The smallest absolute Gasteiger partial charge is 0.263 e. The summed E-state index contributed by atoms with van der Waals surface area (Å²) < 4.78 is 25.2. The molecule has 3 rings (SSSR count). The first-order valence-corrected chi connectivity index (χ1v) is 9.26. The third kappa shape index (κ3) is 2.61. The Morgan fingerprint density at radius 3 is 2.41 bits per heavy atom. The van der Waals surface area contributed by atoms with E-state index < -0.39 is 15.9 Å². The van der Waals surface area contributed by atoms with Crippen molar-refractivity contribution in [3.8, 4) is 0 Å². The highest BCUT2D eigenvalue weighted by molar-refractivity contribution is 7.92. The lowest BCUT2D eigenvalue weighted by molar-refractivity contribution is 0.0549. The summed E-state index contributed by atoms with van der Waals surface area (Å²) >= 11 is 0. The van der Waals surface area contributed by atoms with Gasteiger partial charge in [-0.1, -0.05) is 25.3 Å². The average Bonchev–Trinajstić information content (AvgIpc) is 2.71. The van der Waals surface area contributed by atoms with Gasteiger partial charge in [0.05, 0.1) is 23.1 Å². The number of hydrogen-bond acceptors (Lipinski definition) is 4. The molecule has 1 aromatic carbocycles. The highest BCUT2D eigenvalue weighted by Gasteiger charge is 2.41. The number of imide groups is 1. The molecule has 118 valence electrons. The molecule has 22 heavy (non-hydrogen) atoms. The molecule has 0 radical (unpaired) electrons. The molecule has 2 amide bonds. The zero-order valence-electron chi connectivity index (χ0n) is 12.3. The Hall–Kier alpha value is -1.89. The van der Waals surface area contributed by atoms with Gasteiger partial charge in [0, 0.05) is 6.04 Å². The average molecular weight is 322 g/mol. The van der Waals surface area contributed by atoms with Gasteiger partial charge in [0.2, 0.25) is 10.0 Å². The maximum absolute atomic E-state index is 12.7. The molecule has 1 aliphatic carbocycles. The van der Waals surface area contributed by atoms with Crippen LogP contribution < -0.4 is 4.72 Å². The van der Waals surface area contributed by atoms with Gasteiger partial charge < -0.3 is 0 Å². The number of benzene rings is 1. The fourth-order valence-electron chi connectivity index (χ4n) is 3.26. The van der Waals surface area contributed by atoms with Crippen molar-refractivity contribution in [3.05, 3.63) is 29.3 Å². The Morgan fingerprint density at radius 2 is 1.77 bits per heavy atom. The molecule has 0 atom stereocenters. The summed E-state index contributed by atoms with van der Waals surface area (Å²) in [7, 11) is -3.51. The van der Waals surface area contributed by atoms with Crippen molar-refractivity contribution in [2.75, 3.05) is 11.0 Å². The van der Waals surface area contributed by atoms with Gasteiger partial charge in [0.25, 0.3) is 11.8 Å². The van der Waals surface area contributed by atoms with Crippen LogP contribution in [0.4, 0.5) is 5.69 Å². The summed E-state index contributed by atoms with van der Waals surface area (Å²) in [4.78, 5) is 26.6. The van der Waals surface area contributed by atoms with E-state index in [9.17, 15) is 18.0 Å². The molecule has 0 aromatic heterocycles. The van der Waals surface area contributed by atoms with E-state index >= 15 is 0 Å². The third-order valence-electron chi connectivity index (χ3n) is 4.18. The second-order valence-corrected chi connectivity index (χ2v) is 7.62. The van der Waals surface area contributed by atoms with Crippen LogP contribution in [0.5, 0.6) is 0 Å². The molecule has 1 saturated carbocycles. The first-order valence-electron chi connectivity index (χ1n) is 7.37. The Morgan fingerprint density at radius 1 is 1.09 bits per heavy atom. The minimum Gasteiger partial charge on any atom is -0.283 e. The second-order valence-electron chi connectivity index (χ2n) is 5.87. The number of nitrogens with one attached hydrogen (secondary N) is 1. The normalized spacial score (nSPS) is 19.4. The molecule has 0 unspecified atom stereocenters. The van der Waals surface area contributed by atoms with Crippen molar-refractivity contribution >= 4 is 27.5 Å². The Bertz CT molecular complexity index is 736. The number of sulfonamides is 1. The van der Waals surface area contributed by atoms with E-state index in [0.717, 1.165) is 38.4 Å². The number of nitrogens with zero attached hydrogens (tertiary/aromatic N) is 1. The maximum Gasteiger partial charge on any atom is 0.263 e. The van der Waals surface area contributed by atoms with Crippen LogP contribution in [0.2, 0.25) is 0 Å². The van der Waals surface area contributed by atoms with Gasteiger partial charge in [-0.25, -0.2) is 8.42 Å². The van der Waals surface area contributed by atoms with E-state index in [0.29, 0.717) is 0 Å². The Kier molecular flexibility index (Phi) is 3.68. The van der Waals surface area contributed by atoms with Gasteiger partial charge >= 0.3 is 0 Å². The highest BCUT2D eigenvalue weighted by atomic mass is 32.2. The fraction of sp³-hybridized carbons (Fsp3) is 0.467. The molecule has 1 heterocycles. The van der Waals surface area contributed by atoms with E-state index in [2.05, 4.69) is 4.72 Å². The minimum absolute atomic E-state index is 0.0766. The molecule has 0 spiro atoms. The van der Waals surface area contributed by atoms with Crippen molar-refractivity contribution in [3.63, 3.8) is 0 Å². The topological polar surface area (TPSA) is 83.6 Å². The van der Waals surface area contributed by atoms with Crippen molar-refractivity contribution in [2.24, 2.45) is 0 Å². The first kappa shape index (κ1) is 15.0. The molecular formula is C15H18N2O4S. The van der Waals surface area contributed by atoms with Crippen molar-refractivity contribution in [1.82, 2.24) is 4.90 Å². The van der Waals surface area contributed by atoms with Gasteiger partial charge in [0.15, 0.2) is 0 Å². The molecule has 1 aromatic rings. The monoisotopic (exact) mass is 322 g/mol. The molecule has 1 aliphatic heterocycles. The number of rotatable bonds is 3. The van der Waals surface area contributed by atoms with Gasteiger partial charge in [-0.05, 0) is 25.0 Å². The van der Waals surface area contributed by atoms with Gasteiger partial charge in [0.1, 0.15) is 0 Å². The number of carbonyl (C=O) groups excluding carboxylic acids is 2. The van der Waals surface area contributed by atoms with E-state index in [1.54, 1.807) is 12.1 Å². The SMILES string of the molecule is CS(=O)(=O)Nc1cccc2c1C(=O)N(C1CCCCC1)C2=O. The molecular weight excluding hydrogens is 304 g/mol. The molecule has 0 bridgehead atoms. The van der Waals surface area contributed by atoms with Crippen LogP contribution >= 0.6 is 0 Å². The minimum atomic E-state index is -3.51. The Balaban J connectivity index is 2.00. The predicted octanol–water partition coefficient (Wildman–Crippen LogP) is 1.99. The van der Waals surface area contributed by atoms with E-state index in [1.807, 2.05) is 0 Å². The number of carbonyl (C=O) groups is 2. The molecule has 1 fully saturated rings. The summed E-state index contributed by atoms with van der Waals surface area (Å²) in [5.41, 5.74) is 0.629. The molecule has 2 aliphatic rings. The number of anilines is 1. The molecule has 6 nitrogen and oxygen atoms in total. The lowest BCUT2D eigenvalue weighted by Gasteiger charge is -2.29. The third-order valence-corrected chi connectivity index (χ3v) is 4.77. The van der Waals surface area contributed by atoms with Crippen LogP contribution in [0, 0.1) is 0 Å². The molecule has 0 saturated heterocycles. The van der Waals surface area contributed by atoms with E-state index in [1.165, 1.54) is 11.0 Å². The summed E-state index contributed by atoms with van der Waals surface area (Å²) in [5, 5.41) is 0. The number of fused-ring (bicyclic) bond motifs is 1. The number of amides is 2. The van der Waals surface area contributed by atoms with Crippen molar-refractivity contribution < 1.29 is 18.0 Å². The van der Waals surface area contributed by atoms with Crippen LogP contribution in [0.1, 0.15) is 52.8 Å². The largest absolute Gasteiger partial charge is 0.283 e. The Labute approximate surface area is 129 Å². The predicted molar refractivity (Wildman–Crippen MR) is 82.3 cm³/mol. The highest BCUT2D eigenvalue weighted by Crippen LogP contribution is 2.34. The van der Waals surface area contributed by atoms with Gasteiger partial charge in [-0.15, -0.1) is 0 Å². The first-order chi connectivity index (χ1) is 10.4. The summed E-state index contributed by atoms with van der Waals surface area (Å²) in [6.45, 7) is 0. The lowest BCUT2D eigenvalue weighted by atomic mass is 9.94. The zero-order valence-corrected chi connectivity index (χ0v) is 13.1. The standard InChI is InChI=1S/C15H18N2O4S/c1-22(20,21)16-12-9-5-8-11-13(12)15(19)17(14(11)18)10-6-3-2-4-7-10/h5,8-10,16H,2-4,6-7H2,1H3. The number of hydrogen-bond donors (Lipinski definition) is 1. The summed E-state index contributed by atoms with van der Waals surface area (Å²) in [6.07, 6.45) is 5.80. The van der Waals surface area contributed by atoms with Crippen molar-refractivity contribution in [2.45, 2.75) is 38.1 Å². The molecule has 7 heteroatoms. The molecule has 1 N–H and O–H groups in total. The van der Waals surface area contributed by atoms with Gasteiger partial charge in [-0.3, -0.25) is 19.2 Å².